The van der Waals surface area contributed by atoms with Gasteiger partial charge < -0.3 is 0 Å². The van der Waals surface area contributed by atoms with E-state index in [-0.39, 0.29) is 6.54 Å². The van der Waals surface area contributed by atoms with Crippen LogP contribution in [-0.4, -0.2) is 23.2 Å². The summed E-state index contributed by atoms with van der Waals surface area (Å²) in [5.41, 5.74) is 4.13. The molecule has 0 saturated carbocycles. The van der Waals surface area contributed by atoms with E-state index in [9.17, 15) is 8.42 Å². The first kappa shape index (κ1) is 17.3. The maximum Gasteiger partial charge on any atom is 0.241 e. The van der Waals surface area contributed by atoms with Gasteiger partial charge in [0, 0.05) is 31.5 Å². The smallest absolute Gasteiger partial charge is 0.241 e. The van der Waals surface area contributed by atoms with Crippen molar-refractivity contribution in [3.63, 3.8) is 0 Å². The number of aryl methyl sites for hydroxylation is 3. The second kappa shape index (κ2) is 6.78. The lowest BCUT2D eigenvalue weighted by atomic mass is 10.1. The molecule has 3 rings (SSSR count). The van der Waals surface area contributed by atoms with Crippen molar-refractivity contribution >= 4 is 10.0 Å². The SMILES string of the molecule is Cc1ccc(S(=O)(=O)NCc2cccnc2-c2cnn(C)c2)c(C)c1. The van der Waals surface area contributed by atoms with Gasteiger partial charge in [0.05, 0.1) is 16.8 Å². The molecule has 0 unspecified atom stereocenters. The Hall–Kier alpha value is -2.51. The highest BCUT2D eigenvalue weighted by Crippen LogP contribution is 2.21. The number of aromatic nitrogens is 3. The monoisotopic (exact) mass is 356 g/mol. The molecule has 6 nitrogen and oxygen atoms in total. The first-order chi connectivity index (χ1) is 11.9. The molecule has 0 amide bonds. The largest absolute Gasteiger partial charge is 0.275 e. The van der Waals surface area contributed by atoms with Crippen LogP contribution in [0, 0.1) is 13.8 Å². The fraction of sp³-hybridized carbons (Fsp3) is 0.222. The van der Waals surface area contributed by atoms with Crippen LogP contribution in [0.3, 0.4) is 0 Å². The molecule has 0 aliphatic rings. The van der Waals surface area contributed by atoms with Gasteiger partial charge in [0.25, 0.3) is 0 Å². The number of sulfonamides is 1. The zero-order valence-electron chi connectivity index (χ0n) is 14.4. The molecule has 0 fully saturated rings. The highest BCUT2D eigenvalue weighted by Gasteiger charge is 2.18. The summed E-state index contributed by atoms with van der Waals surface area (Å²) in [6.45, 7) is 3.90. The highest BCUT2D eigenvalue weighted by atomic mass is 32.2. The van der Waals surface area contributed by atoms with Crippen molar-refractivity contribution in [3.8, 4) is 11.3 Å². The minimum absolute atomic E-state index is 0.160. The Bertz CT molecular complexity index is 1010. The maximum absolute atomic E-state index is 12.6. The number of nitrogens with one attached hydrogen (secondary N) is 1. The molecule has 0 aliphatic heterocycles. The number of benzene rings is 1. The van der Waals surface area contributed by atoms with E-state index in [0.717, 1.165) is 27.9 Å². The van der Waals surface area contributed by atoms with E-state index in [0.29, 0.717) is 4.90 Å². The van der Waals surface area contributed by atoms with Crippen LogP contribution < -0.4 is 4.72 Å². The molecule has 1 N–H and O–H groups in total. The summed E-state index contributed by atoms with van der Waals surface area (Å²) >= 11 is 0. The zero-order chi connectivity index (χ0) is 18.0. The second-order valence-electron chi connectivity index (χ2n) is 6.01. The van der Waals surface area contributed by atoms with Gasteiger partial charge in [-0.25, -0.2) is 13.1 Å². The summed E-state index contributed by atoms with van der Waals surface area (Å²) in [6.07, 6.45) is 5.25. The van der Waals surface area contributed by atoms with Crippen LogP contribution in [0.25, 0.3) is 11.3 Å². The fourth-order valence-electron chi connectivity index (χ4n) is 2.74. The van der Waals surface area contributed by atoms with Crippen LogP contribution >= 0.6 is 0 Å². The van der Waals surface area contributed by atoms with Crippen molar-refractivity contribution in [2.75, 3.05) is 0 Å². The minimum Gasteiger partial charge on any atom is -0.275 e. The molecule has 0 atom stereocenters. The van der Waals surface area contributed by atoms with Crippen molar-refractivity contribution in [1.29, 1.82) is 0 Å². The summed E-state index contributed by atoms with van der Waals surface area (Å²) in [6, 6.07) is 8.95. The number of hydrogen-bond acceptors (Lipinski definition) is 4. The summed E-state index contributed by atoms with van der Waals surface area (Å²) in [7, 11) is -1.77. The van der Waals surface area contributed by atoms with E-state index in [1.54, 1.807) is 42.2 Å². The third kappa shape index (κ3) is 3.78. The van der Waals surface area contributed by atoms with Gasteiger partial charge in [-0.15, -0.1) is 0 Å². The van der Waals surface area contributed by atoms with E-state index < -0.39 is 10.0 Å². The summed E-state index contributed by atoms with van der Waals surface area (Å²) < 4.78 is 29.6. The molecule has 130 valence electrons. The average molecular weight is 356 g/mol. The Morgan fingerprint density at radius 2 is 2.00 bits per heavy atom. The first-order valence-electron chi connectivity index (χ1n) is 7.86. The Morgan fingerprint density at radius 1 is 1.20 bits per heavy atom. The van der Waals surface area contributed by atoms with Gasteiger partial charge in [0.2, 0.25) is 10.0 Å². The molecule has 0 aliphatic carbocycles. The van der Waals surface area contributed by atoms with Crippen LogP contribution in [0.2, 0.25) is 0 Å². The molecule has 25 heavy (non-hydrogen) atoms. The minimum atomic E-state index is -3.60. The van der Waals surface area contributed by atoms with Gasteiger partial charge >= 0.3 is 0 Å². The quantitative estimate of drug-likeness (QED) is 0.762. The number of nitrogens with zero attached hydrogens (tertiary/aromatic N) is 3. The van der Waals surface area contributed by atoms with Gasteiger partial charge in [-0.2, -0.15) is 5.10 Å². The Kier molecular flexibility index (Phi) is 4.69. The summed E-state index contributed by atoms with van der Waals surface area (Å²) in [5.74, 6) is 0. The lowest BCUT2D eigenvalue weighted by Gasteiger charge is -2.11. The molecule has 3 aromatic rings. The molecule has 2 aromatic heterocycles. The Morgan fingerprint density at radius 3 is 2.68 bits per heavy atom. The highest BCUT2D eigenvalue weighted by molar-refractivity contribution is 7.89. The van der Waals surface area contributed by atoms with Gasteiger partial charge in [-0.05, 0) is 37.1 Å². The molecule has 7 heteroatoms. The third-order valence-electron chi connectivity index (χ3n) is 3.94. The second-order valence-corrected chi connectivity index (χ2v) is 7.74. The summed E-state index contributed by atoms with van der Waals surface area (Å²) in [5, 5.41) is 4.15. The Balaban J connectivity index is 1.87. The van der Waals surface area contributed by atoms with Crippen molar-refractivity contribution in [2.45, 2.75) is 25.3 Å². The van der Waals surface area contributed by atoms with E-state index >= 15 is 0 Å². The molecular formula is C18H20N4O2S. The van der Waals surface area contributed by atoms with Gasteiger partial charge in [0.15, 0.2) is 0 Å². The molecule has 2 heterocycles. The van der Waals surface area contributed by atoms with Crippen LogP contribution in [0.15, 0.2) is 53.8 Å². The third-order valence-corrected chi connectivity index (χ3v) is 5.50. The fourth-order valence-corrected chi connectivity index (χ4v) is 3.97. The zero-order valence-corrected chi connectivity index (χ0v) is 15.2. The van der Waals surface area contributed by atoms with Crippen molar-refractivity contribution in [3.05, 3.63) is 65.6 Å². The van der Waals surface area contributed by atoms with Crippen LogP contribution in [0.1, 0.15) is 16.7 Å². The molecule has 0 saturated heterocycles. The predicted molar refractivity (Wildman–Crippen MR) is 96.4 cm³/mol. The average Bonchev–Trinajstić information content (AvgIpc) is 2.99. The molecule has 1 aromatic carbocycles. The predicted octanol–water partition coefficient (Wildman–Crippen LogP) is 2.58. The topological polar surface area (TPSA) is 76.9 Å². The van der Waals surface area contributed by atoms with Crippen LogP contribution in [0.4, 0.5) is 0 Å². The summed E-state index contributed by atoms with van der Waals surface area (Å²) in [4.78, 5) is 4.67. The van der Waals surface area contributed by atoms with Gasteiger partial charge in [-0.3, -0.25) is 9.67 Å². The molecule has 0 radical (unpaired) electrons. The number of pyridine rings is 1. The lowest BCUT2D eigenvalue weighted by molar-refractivity contribution is 0.580. The maximum atomic E-state index is 12.6. The molecule has 0 spiro atoms. The van der Waals surface area contributed by atoms with Crippen molar-refractivity contribution in [1.82, 2.24) is 19.5 Å². The Labute approximate surface area is 147 Å². The van der Waals surface area contributed by atoms with Crippen LogP contribution in [-0.2, 0) is 23.6 Å². The van der Waals surface area contributed by atoms with Gasteiger partial charge in [-0.1, -0.05) is 23.8 Å². The normalized spacial score (nSPS) is 11.6. The van der Waals surface area contributed by atoms with Crippen molar-refractivity contribution < 1.29 is 8.42 Å². The van der Waals surface area contributed by atoms with Crippen LogP contribution in [0.5, 0.6) is 0 Å². The van der Waals surface area contributed by atoms with E-state index in [2.05, 4.69) is 14.8 Å². The van der Waals surface area contributed by atoms with E-state index in [1.165, 1.54) is 0 Å². The molecule has 0 bridgehead atoms. The lowest BCUT2D eigenvalue weighted by Crippen LogP contribution is -2.24. The van der Waals surface area contributed by atoms with Crippen molar-refractivity contribution in [2.24, 2.45) is 7.05 Å². The number of hydrogen-bond donors (Lipinski definition) is 1. The van der Waals surface area contributed by atoms with E-state index in [4.69, 9.17) is 0 Å². The first-order valence-corrected chi connectivity index (χ1v) is 9.35. The standard InChI is InChI=1S/C18H20N4O2S/c1-13-6-7-17(14(2)9-13)25(23,24)21-11-15-5-4-8-19-18(15)16-10-20-22(3)12-16/h4-10,12,21H,11H2,1-3H3. The van der Waals surface area contributed by atoms with Gasteiger partial charge in [0.1, 0.15) is 0 Å². The van der Waals surface area contributed by atoms with E-state index in [1.807, 2.05) is 32.3 Å². The molecular weight excluding hydrogens is 336 g/mol. The number of rotatable bonds is 5.